The van der Waals surface area contributed by atoms with Crippen molar-refractivity contribution in [2.75, 3.05) is 7.11 Å². The van der Waals surface area contributed by atoms with Gasteiger partial charge in [0.1, 0.15) is 17.7 Å². The third kappa shape index (κ3) is 6.99. The molecule has 0 aromatic heterocycles. The summed E-state index contributed by atoms with van der Waals surface area (Å²) in [7, 11) is 1.40. The zero-order valence-corrected chi connectivity index (χ0v) is 18.6. The van der Waals surface area contributed by atoms with Crippen molar-refractivity contribution in [1.82, 2.24) is 5.32 Å². The van der Waals surface area contributed by atoms with Crippen molar-refractivity contribution >= 4 is 18.0 Å². The van der Waals surface area contributed by atoms with E-state index in [4.69, 9.17) is 14.2 Å². The number of carbonyl (C=O) groups is 3. The molecule has 1 aliphatic carbocycles. The van der Waals surface area contributed by atoms with Gasteiger partial charge in [-0.05, 0) is 72.1 Å². The van der Waals surface area contributed by atoms with Crippen molar-refractivity contribution < 1.29 is 28.6 Å². The van der Waals surface area contributed by atoms with Gasteiger partial charge in [0.15, 0.2) is 0 Å². The Labute approximate surface area is 168 Å². The van der Waals surface area contributed by atoms with Crippen molar-refractivity contribution in [3.8, 4) is 0 Å². The minimum absolute atomic E-state index is 0.130. The number of nitrogens with one attached hydrogen (secondary N) is 1. The van der Waals surface area contributed by atoms with Crippen molar-refractivity contribution in [3.05, 3.63) is 0 Å². The lowest BCUT2D eigenvalue weighted by atomic mass is 9.70. The van der Waals surface area contributed by atoms with Crippen LogP contribution in [-0.2, 0) is 23.8 Å². The minimum Gasteiger partial charge on any atom is -0.469 e. The van der Waals surface area contributed by atoms with Crippen molar-refractivity contribution in [1.29, 1.82) is 0 Å². The van der Waals surface area contributed by atoms with Crippen molar-refractivity contribution in [2.24, 2.45) is 17.3 Å². The highest BCUT2D eigenvalue weighted by Gasteiger charge is 2.40. The highest BCUT2D eigenvalue weighted by Crippen LogP contribution is 2.40. The smallest absolute Gasteiger partial charge is 0.408 e. The normalized spacial score (nSPS) is 21.6. The predicted molar refractivity (Wildman–Crippen MR) is 106 cm³/mol. The summed E-state index contributed by atoms with van der Waals surface area (Å²) in [6.45, 7) is 12.8. The lowest BCUT2D eigenvalue weighted by molar-refractivity contribution is -0.160. The highest BCUT2D eigenvalue weighted by atomic mass is 16.6. The Morgan fingerprint density at radius 2 is 1.50 bits per heavy atom. The fourth-order valence-electron chi connectivity index (χ4n) is 3.50. The molecule has 1 unspecified atom stereocenters. The first-order valence-electron chi connectivity index (χ1n) is 10.1. The van der Waals surface area contributed by atoms with Gasteiger partial charge in [0.05, 0.1) is 12.5 Å². The highest BCUT2D eigenvalue weighted by molar-refractivity contribution is 5.81. The molecule has 0 saturated heterocycles. The summed E-state index contributed by atoms with van der Waals surface area (Å²) < 4.78 is 15.8. The number of alkyl carbamates (subject to hydrolysis) is 1. The Morgan fingerprint density at radius 3 is 1.93 bits per heavy atom. The molecule has 1 N–H and O–H groups in total. The Morgan fingerprint density at radius 1 is 0.964 bits per heavy atom. The number of ether oxygens (including phenoxy) is 3. The summed E-state index contributed by atoms with van der Waals surface area (Å²) in [6, 6.07) is -0.765. The van der Waals surface area contributed by atoms with Gasteiger partial charge in [-0.1, -0.05) is 13.8 Å². The maximum absolute atomic E-state index is 12.6. The zero-order valence-electron chi connectivity index (χ0n) is 18.6. The van der Waals surface area contributed by atoms with Gasteiger partial charge in [0.2, 0.25) is 0 Å². The van der Waals surface area contributed by atoms with Crippen molar-refractivity contribution in [3.63, 3.8) is 0 Å². The summed E-state index contributed by atoms with van der Waals surface area (Å²) in [5.74, 6) is -0.601. The third-order valence-corrected chi connectivity index (χ3v) is 5.28. The van der Waals surface area contributed by atoms with Gasteiger partial charge < -0.3 is 19.5 Å². The molecule has 1 fully saturated rings. The quantitative estimate of drug-likeness (QED) is 0.539. The molecule has 0 aromatic carbocycles. The number of rotatable bonds is 6. The molecule has 0 spiro atoms. The molecule has 0 heterocycles. The number of amides is 1. The molecule has 1 saturated carbocycles. The van der Waals surface area contributed by atoms with Gasteiger partial charge in [0, 0.05) is 0 Å². The first-order valence-corrected chi connectivity index (χ1v) is 10.1. The van der Waals surface area contributed by atoms with Crippen LogP contribution in [0.1, 0.15) is 74.1 Å². The van der Waals surface area contributed by atoms with Crippen LogP contribution in [0.3, 0.4) is 0 Å². The summed E-state index contributed by atoms with van der Waals surface area (Å²) in [5, 5.41) is 2.62. The van der Waals surface area contributed by atoms with Crippen molar-refractivity contribution in [2.45, 2.75) is 91.9 Å². The molecule has 7 heteroatoms. The Bertz CT molecular complexity index is 556. The van der Waals surface area contributed by atoms with E-state index in [1.165, 1.54) is 7.11 Å². The van der Waals surface area contributed by atoms with E-state index in [-0.39, 0.29) is 23.9 Å². The van der Waals surface area contributed by atoms with Crippen LogP contribution in [0.2, 0.25) is 0 Å². The topological polar surface area (TPSA) is 90.9 Å². The molecule has 0 radical (unpaired) electrons. The van der Waals surface area contributed by atoms with Gasteiger partial charge >= 0.3 is 18.0 Å². The molecular formula is C21H37NO6. The SMILES string of the molecule is COC(=O)C(C)(C)C1CCC(OC(=O)C(NC(=O)OC(C)(C)C)C(C)C)CC1. The molecule has 0 aliphatic heterocycles. The number of carbonyl (C=O) groups excluding carboxylic acids is 3. The van der Waals surface area contributed by atoms with Gasteiger partial charge in [-0.2, -0.15) is 0 Å². The summed E-state index contributed by atoms with van der Waals surface area (Å²) in [4.78, 5) is 36.6. The van der Waals surface area contributed by atoms with E-state index in [1.54, 1.807) is 20.8 Å². The average Bonchev–Trinajstić information content (AvgIpc) is 2.57. The largest absolute Gasteiger partial charge is 0.469 e. The standard InChI is InChI=1S/C21H37NO6/c1-13(2)16(22-19(25)28-20(3,4)5)17(23)27-15-11-9-14(10-12-15)21(6,7)18(24)26-8/h13-16H,9-12H2,1-8H3,(H,22,25). The fourth-order valence-corrected chi connectivity index (χ4v) is 3.50. The molecule has 1 amide bonds. The minimum atomic E-state index is -0.765. The number of methoxy groups -OCH3 is 1. The molecule has 0 bridgehead atoms. The summed E-state index contributed by atoms with van der Waals surface area (Å²) in [5.41, 5.74) is -1.19. The summed E-state index contributed by atoms with van der Waals surface area (Å²) in [6.07, 6.45) is 2.10. The van der Waals surface area contributed by atoms with Crippen LogP contribution in [0.5, 0.6) is 0 Å². The second-order valence-corrected chi connectivity index (χ2v) is 9.49. The fraction of sp³-hybridized carbons (Fsp3) is 0.857. The summed E-state index contributed by atoms with van der Waals surface area (Å²) >= 11 is 0. The second-order valence-electron chi connectivity index (χ2n) is 9.49. The van der Waals surface area contributed by atoms with E-state index in [1.807, 2.05) is 27.7 Å². The molecule has 1 atom stereocenters. The zero-order chi connectivity index (χ0) is 21.7. The first-order chi connectivity index (χ1) is 12.8. The van der Waals surface area contributed by atoms with E-state index in [2.05, 4.69) is 5.32 Å². The van der Waals surface area contributed by atoms with Gasteiger partial charge in [-0.3, -0.25) is 4.79 Å². The van der Waals surface area contributed by atoms with E-state index in [9.17, 15) is 14.4 Å². The van der Waals surface area contributed by atoms with Gasteiger partial charge in [0.25, 0.3) is 0 Å². The van der Waals surface area contributed by atoms with E-state index in [0.717, 1.165) is 12.8 Å². The van der Waals surface area contributed by atoms with Crippen LogP contribution in [-0.4, -0.2) is 42.9 Å². The second kappa shape index (κ2) is 9.61. The van der Waals surface area contributed by atoms with Gasteiger partial charge in [-0.25, -0.2) is 9.59 Å². The van der Waals surface area contributed by atoms with Crippen LogP contribution < -0.4 is 5.32 Å². The monoisotopic (exact) mass is 399 g/mol. The molecule has 0 aromatic rings. The van der Waals surface area contributed by atoms with Crippen LogP contribution >= 0.6 is 0 Å². The lowest BCUT2D eigenvalue weighted by Crippen LogP contribution is -2.48. The Balaban J connectivity index is 2.61. The van der Waals surface area contributed by atoms with Gasteiger partial charge in [-0.15, -0.1) is 0 Å². The molecule has 28 heavy (non-hydrogen) atoms. The van der Waals surface area contributed by atoms with Crippen LogP contribution in [0, 0.1) is 17.3 Å². The lowest BCUT2D eigenvalue weighted by Gasteiger charge is -2.37. The Kier molecular flexibility index (Phi) is 8.32. The molecule has 1 rings (SSSR count). The van der Waals surface area contributed by atoms with E-state index >= 15 is 0 Å². The predicted octanol–water partition coefficient (Wildman–Crippen LogP) is 3.84. The van der Waals surface area contributed by atoms with E-state index in [0.29, 0.717) is 12.8 Å². The van der Waals surface area contributed by atoms with E-state index < -0.39 is 29.1 Å². The van der Waals surface area contributed by atoms with Crippen LogP contribution in [0.15, 0.2) is 0 Å². The van der Waals surface area contributed by atoms with Crippen LogP contribution in [0.4, 0.5) is 4.79 Å². The Hall–Kier alpha value is -1.79. The van der Waals surface area contributed by atoms with Crippen LogP contribution in [0.25, 0.3) is 0 Å². The molecule has 7 nitrogen and oxygen atoms in total. The molecule has 162 valence electrons. The number of esters is 2. The maximum Gasteiger partial charge on any atom is 0.408 e. The number of hydrogen-bond donors (Lipinski definition) is 1. The molecule has 1 aliphatic rings. The maximum atomic E-state index is 12.6. The number of hydrogen-bond acceptors (Lipinski definition) is 6. The average molecular weight is 400 g/mol. The first kappa shape index (κ1) is 24.2. The molecular weight excluding hydrogens is 362 g/mol. The third-order valence-electron chi connectivity index (χ3n) is 5.28.